The Morgan fingerprint density at radius 2 is 0.857 bits per heavy atom. The second-order valence-electron chi connectivity index (χ2n) is 23.0. The predicted octanol–water partition coefficient (Wildman–Crippen LogP) is 12.4. The maximum atomic E-state index is 12.7. The molecule has 8 atom stereocenters. The van der Waals surface area contributed by atoms with Crippen molar-refractivity contribution in [1.82, 2.24) is 0 Å². The summed E-state index contributed by atoms with van der Waals surface area (Å²) in [7, 11) is 0. The first-order chi connectivity index (χ1) is 50.3. The van der Waals surface area contributed by atoms with Crippen LogP contribution >= 0.6 is 23.2 Å². The van der Waals surface area contributed by atoms with Gasteiger partial charge in [0.25, 0.3) is 0 Å². The Morgan fingerprint density at radius 1 is 0.467 bits per heavy atom. The lowest BCUT2D eigenvalue weighted by atomic mass is 10.1. The number of carbonyl (C=O) groups is 5. The monoisotopic (exact) mass is 1470 g/mol. The molecule has 0 spiro atoms. The molecule has 0 aliphatic heterocycles. The molecule has 1 aliphatic rings. The van der Waals surface area contributed by atoms with E-state index in [4.69, 9.17) is 40.8 Å². The third-order valence-corrected chi connectivity index (χ3v) is 13.4. The number of hydrogen-bond acceptors (Lipinski definition) is 14. The summed E-state index contributed by atoms with van der Waals surface area (Å²) in [5.41, 5.74) is 1.42. The van der Waals surface area contributed by atoms with E-state index in [2.05, 4.69) is 94.7 Å². The van der Waals surface area contributed by atoms with E-state index < -0.39 is 42.7 Å². The highest BCUT2D eigenvalue weighted by Crippen LogP contribution is 2.33. The molecule has 2 aromatic carbocycles. The van der Waals surface area contributed by atoms with Crippen molar-refractivity contribution in [3.63, 3.8) is 0 Å². The summed E-state index contributed by atoms with van der Waals surface area (Å²) >= 11 is 11.8. The van der Waals surface area contributed by atoms with Gasteiger partial charge in [0.2, 0.25) is 0 Å². The topological polar surface area (TPSA) is 256 Å². The Morgan fingerprint density at radius 3 is 1.27 bits per heavy atom. The van der Waals surface area contributed by atoms with Crippen LogP contribution in [0.2, 0.25) is 10.0 Å². The zero-order valence-electron chi connectivity index (χ0n) is 60.5. The summed E-state index contributed by atoms with van der Waals surface area (Å²) in [5, 5.41) is 77.1. The van der Waals surface area contributed by atoms with E-state index in [1.807, 2.05) is 0 Å². The fourth-order valence-corrected chi connectivity index (χ4v) is 7.40. The lowest BCUT2D eigenvalue weighted by Crippen LogP contribution is -2.05. The van der Waals surface area contributed by atoms with Gasteiger partial charge < -0.3 is 60.0 Å². The molecule has 1 saturated carbocycles. The minimum Gasteiger partial charge on any atom is -0.389 e. The van der Waals surface area contributed by atoms with Gasteiger partial charge in [0.1, 0.15) is 53.9 Å². The molecule has 8 N–H and O–H groups in total. The molecule has 2 aromatic rings. The van der Waals surface area contributed by atoms with Crippen molar-refractivity contribution in [2.24, 2.45) is 5.92 Å². The molecule has 0 heterocycles. The molecule has 0 bridgehead atoms. The molecule has 0 aromatic heterocycles. The van der Waals surface area contributed by atoms with E-state index in [1.54, 1.807) is 159 Å². The number of allylic oxidation sites excluding steroid dienone is 15. The molecule has 0 amide bonds. The first kappa shape index (κ1) is 97.4. The first-order valence-electron chi connectivity index (χ1n) is 34.0. The van der Waals surface area contributed by atoms with E-state index in [1.165, 1.54) is 52.7 Å². The number of rotatable bonds is 32. The summed E-state index contributed by atoms with van der Waals surface area (Å²) in [5.74, 6) is 44.3. The van der Waals surface area contributed by atoms with Crippen LogP contribution in [0.15, 0.2) is 164 Å². The highest BCUT2D eigenvalue weighted by atomic mass is 35.5. The number of halogens is 3. The highest BCUT2D eigenvalue weighted by Gasteiger charge is 2.23. The van der Waals surface area contributed by atoms with Crippen molar-refractivity contribution in [1.29, 1.82) is 0 Å². The molecular formula is C88H99Cl2FO14. The Hall–Kier alpha value is -9.62. The predicted molar refractivity (Wildman–Crippen MR) is 419 cm³/mol. The van der Waals surface area contributed by atoms with Crippen LogP contribution < -0.4 is 0 Å². The first-order valence-corrected chi connectivity index (χ1v) is 34.7. The second kappa shape index (κ2) is 67.5. The van der Waals surface area contributed by atoms with Gasteiger partial charge in [-0.1, -0.05) is 210 Å². The molecule has 1 aliphatic carbocycles. The number of ketones is 5. The van der Waals surface area contributed by atoms with Crippen LogP contribution in [0.3, 0.4) is 0 Å². The van der Waals surface area contributed by atoms with Crippen molar-refractivity contribution < 1.29 is 74.0 Å². The zero-order chi connectivity index (χ0) is 78.5. The average Bonchev–Trinajstić information content (AvgIpc) is 1.91. The van der Waals surface area contributed by atoms with Crippen LogP contribution in [0.4, 0.5) is 4.39 Å². The highest BCUT2D eigenvalue weighted by molar-refractivity contribution is 6.42. The standard InChI is InChI=1S/C22H22Cl2O3.C21H21FO3.C16H22O3.C15H18O3.C14H16O2/c1-17(25)8-6-12-19(26)10-4-2-3-5-11-20(27)13-7-9-18-14-15-21(23)22(24)16-18;1-17(23)11-16-21(25)9-5-3-2-4-8-20(24)10-6-7-18-12-14-19(22)15-13-18;1-13(17)8-11-15(18)6-4-2-3-5-7-16(19)12-14-9-10-14;1-3-10-15(17)11-8-6-4-5-7-9-12-18-13-14(2)16;1-3-10-14(16)12-9-7-5-4-6-8-11-13(2)15/h2-3,5,11,14-16,19-20,26-27H,6,8,12-13H2,1H3;2-4,8,12-15,20-21,24-25H,10-11,16H2,1H3;2-3,5,7,14-16,18-19H,8-12H2,1H3;1,4,6,8,11,15,17H,9-10,12-13H2,2H3;1,5,7,9,12,14,16H,8,10-11H2,2H3/b3-2+,11-5+;3-2+,8-4+;3-2+,7-5+;6-4+,11-8+;7-5+,12-9+/t19-,20+;20-,21+;15-,16+;15-;14-/m10111/s1. The molecule has 14 nitrogen and oxygen atoms in total. The molecular weight excluding hydrogens is 1370 g/mol. The molecule has 3 rings (SSSR count). The van der Waals surface area contributed by atoms with Crippen molar-refractivity contribution in [2.45, 2.75) is 193 Å². The average molecular weight is 1470 g/mol. The molecule has 1 fully saturated rings. The minimum atomic E-state index is -0.815. The molecule has 0 radical (unpaired) electrons. The fraction of sp³-hybridized carbons (Fsp3) is 0.375. The molecule has 105 heavy (non-hydrogen) atoms. The summed E-state index contributed by atoms with van der Waals surface area (Å²) in [6.45, 7) is 8.13. The third kappa shape index (κ3) is 72.5. The maximum Gasteiger partial charge on any atom is 0.155 e. The van der Waals surface area contributed by atoms with Gasteiger partial charge in [0.15, 0.2) is 5.78 Å². The number of aliphatic hydroxyl groups excluding tert-OH is 8. The molecule has 0 saturated heterocycles. The van der Waals surface area contributed by atoms with Crippen molar-refractivity contribution in [3.05, 3.63) is 191 Å². The number of hydrogen-bond donors (Lipinski definition) is 8. The Balaban J connectivity index is 0. The molecule has 0 unspecified atom stereocenters. The van der Waals surface area contributed by atoms with Gasteiger partial charge in [-0.25, -0.2) is 4.39 Å². The van der Waals surface area contributed by atoms with Crippen LogP contribution in [-0.2, 0) is 28.7 Å². The zero-order valence-corrected chi connectivity index (χ0v) is 62.0. The lowest BCUT2D eigenvalue weighted by molar-refractivity contribution is -0.121. The van der Waals surface area contributed by atoms with Crippen LogP contribution in [0.1, 0.15) is 155 Å². The number of aliphatic hydroxyl groups is 8. The quantitative estimate of drug-likeness (QED) is 0.0193. The fourth-order valence-electron chi connectivity index (χ4n) is 7.10. The summed E-state index contributed by atoms with van der Waals surface area (Å²) in [6, 6.07) is 10.9. The van der Waals surface area contributed by atoms with Gasteiger partial charge in [-0.15, -0.1) is 24.7 Å². The smallest absolute Gasteiger partial charge is 0.155 e. The van der Waals surface area contributed by atoms with Crippen molar-refractivity contribution in [2.75, 3.05) is 13.2 Å². The number of terminal acetylenes is 2. The second-order valence-corrected chi connectivity index (χ2v) is 23.9. The van der Waals surface area contributed by atoms with Crippen LogP contribution in [0.25, 0.3) is 0 Å². The van der Waals surface area contributed by atoms with E-state index in [9.17, 15) is 69.2 Å². The number of carbonyl (C=O) groups excluding carboxylic acids is 5. The third-order valence-electron chi connectivity index (χ3n) is 12.7. The van der Waals surface area contributed by atoms with Crippen LogP contribution in [-0.4, -0.2) is 132 Å². The van der Waals surface area contributed by atoms with Crippen molar-refractivity contribution in [3.8, 4) is 108 Å². The minimum absolute atomic E-state index is 0.0125. The SMILES string of the molecule is C#CC[C@@H](O)/C=C/C=C/C#CCCC(C)=O.C#CC[C@@H](O)/C=C/C=C/C#CCCOCC(C)=O.CC(=O)CCC[C@H](O)C#C/C=C/C=C/[C@H](O)CC#Cc1ccc(Cl)c(Cl)c1.CC(=O)CC[C@H](O)C#C/C=C/C=C/[C@H](O)CC#Cc1ccc(F)cc1.CC(=O)CC[C@H](O)C#C/C=C/C=C/[C@H](O)CC1CC1. The van der Waals surface area contributed by atoms with E-state index in [0.29, 0.717) is 105 Å². The Kier molecular flexibility index (Phi) is 62.7. The van der Waals surface area contributed by atoms with Crippen LogP contribution in [0, 0.1) is 119 Å². The van der Waals surface area contributed by atoms with Crippen LogP contribution in [0.5, 0.6) is 0 Å². The van der Waals surface area contributed by atoms with Gasteiger partial charge in [-0.2, -0.15) is 0 Å². The maximum absolute atomic E-state index is 12.7. The van der Waals surface area contributed by atoms with Crippen molar-refractivity contribution >= 4 is 52.1 Å². The van der Waals surface area contributed by atoms with Gasteiger partial charge in [0, 0.05) is 75.3 Å². The Labute approximate surface area is 632 Å². The number of Topliss-reactive ketones (excluding diaryl/α,β-unsaturated/α-hetero) is 5. The summed E-state index contributed by atoms with van der Waals surface area (Å²) in [4.78, 5) is 53.4. The number of ether oxygens (including phenoxy) is 1. The number of benzene rings is 2. The van der Waals surface area contributed by atoms with Gasteiger partial charge in [-0.05, 0) is 145 Å². The Bertz CT molecular complexity index is 3800. The van der Waals surface area contributed by atoms with Gasteiger partial charge >= 0.3 is 0 Å². The molecule has 17 heteroatoms. The van der Waals surface area contributed by atoms with Gasteiger partial charge in [0.05, 0.1) is 47.2 Å². The lowest BCUT2D eigenvalue weighted by Gasteiger charge is -2.01. The van der Waals surface area contributed by atoms with E-state index in [-0.39, 0.29) is 60.3 Å². The molecule has 556 valence electrons. The van der Waals surface area contributed by atoms with E-state index >= 15 is 0 Å². The van der Waals surface area contributed by atoms with Gasteiger partial charge in [-0.3, -0.25) is 9.59 Å². The summed E-state index contributed by atoms with van der Waals surface area (Å²) in [6.07, 6.45) is 47.1. The summed E-state index contributed by atoms with van der Waals surface area (Å²) < 4.78 is 17.8. The normalized spacial score (nSPS) is 13.6. The largest absolute Gasteiger partial charge is 0.389 e. The van der Waals surface area contributed by atoms with E-state index in [0.717, 1.165) is 12.0 Å².